The summed E-state index contributed by atoms with van der Waals surface area (Å²) in [5.41, 5.74) is 6.45. The van der Waals surface area contributed by atoms with E-state index in [1.165, 1.54) is 30.7 Å². The highest BCUT2D eigenvalue weighted by molar-refractivity contribution is 6.43. The number of hydrogen-bond acceptors (Lipinski definition) is 7. The van der Waals surface area contributed by atoms with Crippen LogP contribution in [0.5, 0.6) is 0 Å². The van der Waals surface area contributed by atoms with Gasteiger partial charge >= 0.3 is 0 Å². The van der Waals surface area contributed by atoms with Crippen molar-refractivity contribution in [3.8, 4) is 11.8 Å². The number of aliphatic hydroxyl groups is 1. The number of H-pyrrole nitrogens is 1. The number of hydrogen-bond donors (Lipinski definition) is 5. The van der Waals surface area contributed by atoms with Crippen LogP contribution in [0.4, 0.5) is 5.69 Å². The van der Waals surface area contributed by atoms with Crippen molar-refractivity contribution in [1.82, 2.24) is 20.9 Å². The molecule has 1 aromatic heterocycles. The van der Waals surface area contributed by atoms with Gasteiger partial charge in [0, 0.05) is 28.6 Å². The van der Waals surface area contributed by atoms with Gasteiger partial charge in [-0.2, -0.15) is 0 Å². The SMILES string of the molecule is CC(O)(/C(=N\C(=O)c1ccc(C#Cc2ccc(N)cc2)cc1)C(=O)NO)c1c[nH]nn1. The first-order valence-corrected chi connectivity index (χ1v) is 8.96. The molecule has 6 N–H and O–H groups in total. The van der Waals surface area contributed by atoms with E-state index in [2.05, 4.69) is 32.2 Å². The van der Waals surface area contributed by atoms with Crippen LogP contribution in [0.1, 0.15) is 34.1 Å². The molecule has 2 aromatic carbocycles. The van der Waals surface area contributed by atoms with Gasteiger partial charge in [0.05, 0.1) is 0 Å². The highest BCUT2D eigenvalue weighted by Crippen LogP contribution is 2.20. The summed E-state index contributed by atoms with van der Waals surface area (Å²) in [5.74, 6) is 3.98. The van der Waals surface area contributed by atoms with Crippen molar-refractivity contribution in [1.29, 1.82) is 0 Å². The fraction of sp³-hybridized carbons (Fsp3) is 0.0952. The largest absolute Gasteiger partial charge is 0.399 e. The first-order chi connectivity index (χ1) is 14.8. The maximum Gasteiger partial charge on any atom is 0.292 e. The van der Waals surface area contributed by atoms with Gasteiger partial charge in [-0.1, -0.05) is 17.1 Å². The number of carbonyl (C=O) groups is 2. The molecule has 1 atom stereocenters. The standard InChI is InChI=1S/C21H18N6O4/c1-21(30,17-12-23-27-25-17)18(20(29)26-31)24-19(28)15-8-4-13(5-9-15)2-3-14-6-10-16(22)11-7-14/h4-12,30-31H,22H2,1H3,(H,26,29)(H,23,25,27)/b24-18-. The lowest BCUT2D eigenvalue weighted by atomic mass is 9.95. The molecule has 156 valence electrons. The molecule has 0 radical (unpaired) electrons. The van der Waals surface area contributed by atoms with E-state index in [9.17, 15) is 14.7 Å². The zero-order chi connectivity index (χ0) is 22.4. The van der Waals surface area contributed by atoms with E-state index in [0.29, 0.717) is 11.3 Å². The predicted molar refractivity (Wildman–Crippen MR) is 111 cm³/mol. The fourth-order valence-corrected chi connectivity index (χ4v) is 2.57. The molecule has 10 nitrogen and oxygen atoms in total. The van der Waals surface area contributed by atoms with E-state index in [0.717, 1.165) is 5.56 Å². The van der Waals surface area contributed by atoms with Gasteiger partial charge in [0.15, 0.2) is 5.60 Å². The summed E-state index contributed by atoms with van der Waals surface area (Å²) in [6, 6.07) is 13.3. The van der Waals surface area contributed by atoms with Gasteiger partial charge in [0.25, 0.3) is 11.8 Å². The minimum absolute atomic E-state index is 0.0593. The van der Waals surface area contributed by atoms with Crippen molar-refractivity contribution in [2.24, 2.45) is 4.99 Å². The Hall–Kier alpha value is -4.33. The molecular formula is C21H18N6O4. The van der Waals surface area contributed by atoms with Crippen molar-refractivity contribution in [2.45, 2.75) is 12.5 Å². The topological polar surface area (TPSA) is 167 Å². The van der Waals surface area contributed by atoms with E-state index in [-0.39, 0.29) is 11.3 Å². The molecule has 10 heteroatoms. The quantitative estimate of drug-likeness (QED) is 0.137. The third kappa shape index (κ3) is 4.99. The van der Waals surface area contributed by atoms with Gasteiger partial charge in [0.1, 0.15) is 11.4 Å². The molecule has 0 aliphatic heterocycles. The number of benzene rings is 2. The van der Waals surface area contributed by atoms with Gasteiger partial charge in [0.2, 0.25) is 0 Å². The van der Waals surface area contributed by atoms with Crippen LogP contribution in [0.25, 0.3) is 0 Å². The molecule has 3 rings (SSSR count). The summed E-state index contributed by atoms with van der Waals surface area (Å²) in [4.78, 5) is 28.3. The second-order valence-electron chi connectivity index (χ2n) is 6.59. The van der Waals surface area contributed by atoms with Crippen LogP contribution in [-0.2, 0) is 10.4 Å². The monoisotopic (exact) mass is 418 g/mol. The van der Waals surface area contributed by atoms with Gasteiger partial charge in [-0.05, 0) is 55.5 Å². The van der Waals surface area contributed by atoms with Crippen LogP contribution in [-0.4, -0.2) is 43.3 Å². The number of aromatic amines is 1. The number of aliphatic imine (C=N–C) groups is 1. The van der Waals surface area contributed by atoms with E-state index in [1.807, 2.05) is 0 Å². The summed E-state index contributed by atoms with van der Waals surface area (Å²) < 4.78 is 0. The van der Waals surface area contributed by atoms with Gasteiger partial charge in [-0.3, -0.25) is 19.9 Å². The summed E-state index contributed by atoms with van der Waals surface area (Å²) in [6.45, 7) is 1.20. The Morgan fingerprint density at radius 1 is 1.10 bits per heavy atom. The Kier molecular flexibility index (Phi) is 6.21. The van der Waals surface area contributed by atoms with Crippen molar-refractivity contribution < 1.29 is 19.9 Å². The lowest BCUT2D eigenvalue weighted by Gasteiger charge is -2.21. The lowest BCUT2D eigenvalue weighted by Crippen LogP contribution is -2.44. The van der Waals surface area contributed by atoms with Crippen LogP contribution in [0.3, 0.4) is 0 Å². The van der Waals surface area contributed by atoms with Gasteiger partial charge in [-0.15, -0.1) is 5.10 Å². The van der Waals surface area contributed by atoms with Crippen molar-refractivity contribution in [3.63, 3.8) is 0 Å². The molecule has 2 amide bonds. The Balaban J connectivity index is 1.84. The number of hydroxylamine groups is 1. The second kappa shape index (κ2) is 9.00. The Labute approximate surface area is 176 Å². The number of carbonyl (C=O) groups excluding carboxylic acids is 2. The molecule has 0 saturated heterocycles. The molecule has 3 aromatic rings. The Morgan fingerprint density at radius 2 is 1.68 bits per heavy atom. The molecule has 0 spiro atoms. The molecule has 0 saturated carbocycles. The summed E-state index contributed by atoms with van der Waals surface area (Å²) in [5, 5.41) is 29.1. The minimum atomic E-state index is -2.08. The average molecular weight is 418 g/mol. The lowest BCUT2D eigenvalue weighted by molar-refractivity contribution is -0.123. The highest BCUT2D eigenvalue weighted by Gasteiger charge is 2.38. The fourth-order valence-electron chi connectivity index (χ4n) is 2.57. The van der Waals surface area contributed by atoms with E-state index < -0.39 is 23.1 Å². The van der Waals surface area contributed by atoms with Crippen LogP contribution in [0.15, 0.2) is 59.7 Å². The first-order valence-electron chi connectivity index (χ1n) is 8.96. The number of nitrogens with zero attached hydrogens (tertiary/aromatic N) is 3. The summed E-state index contributed by atoms with van der Waals surface area (Å²) in [7, 11) is 0. The first kappa shape index (κ1) is 21.4. The molecule has 0 aliphatic carbocycles. The van der Waals surface area contributed by atoms with E-state index in [1.54, 1.807) is 36.4 Å². The number of nitrogens with two attached hydrogens (primary N) is 1. The Bertz CT molecular complexity index is 1170. The molecule has 0 bridgehead atoms. The molecular weight excluding hydrogens is 400 g/mol. The van der Waals surface area contributed by atoms with Crippen LogP contribution < -0.4 is 11.2 Å². The van der Waals surface area contributed by atoms with Crippen molar-refractivity contribution in [3.05, 3.63) is 77.1 Å². The number of rotatable bonds is 4. The van der Waals surface area contributed by atoms with Crippen LogP contribution in [0, 0.1) is 11.8 Å². The smallest absolute Gasteiger partial charge is 0.292 e. The normalized spacial score (nSPS) is 12.9. The van der Waals surface area contributed by atoms with Gasteiger partial charge in [-0.25, -0.2) is 10.5 Å². The number of nitrogen functional groups attached to an aromatic ring is 1. The Morgan fingerprint density at radius 3 is 2.19 bits per heavy atom. The number of anilines is 1. The van der Waals surface area contributed by atoms with E-state index >= 15 is 0 Å². The third-order valence-electron chi connectivity index (χ3n) is 4.30. The molecule has 0 aliphatic rings. The molecule has 0 fully saturated rings. The predicted octanol–water partition coefficient (Wildman–Crippen LogP) is 0.781. The maximum atomic E-state index is 12.6. The van der Waals surface area contributed by atoms with Crippen molar-refractivity contribution >= 4 is 23.2 Å². The molecule has 1 unspecified atom stereocenters. The number of aromatic nitrogens is 3. The maximum absolute atomic E-state index is 12.6. The zero-order valence-electron chi connectivity index (χ0n) is 16.3. The van der Waals surface area contributed by atoms with Gasteiger partial charge < -0.3 is 10.8 Å². The summed E-state index contributed by atoms with van der Waals surface area (Å²) >= 11 is 0. The van der Waals surface area contributed by atoms with Crippen molar-refractivity contribution in [2.75, 3.05) is 5.73 Å². The molecule has 31 heavy (non-hydrogen) atoms. The number of amides is 2. The third-order valence-corrected chi connectivity index (χ3v) is 4.30. The summed E-state index contributed by atoms with van der Waals surface area (Å²) in [6.07, 6.45) is 1.24. The molecule has 1 heterocycles. The zero-order valence-corrected chi connectivity index (χ0v) is 16.3. The second-order valence-corrected chi connectivity index (χ2v) is 6.59. The van der Waals surface area contributed by atoms with E-state index in [4.69, 9.17) is 10.9 Å². The average Bonchev–Trinajstić information content (AvgIpc) is 3.32. The van der Waals surface area contributed by atoms with Crippen LogP contribution >= 0.6 is 0 Å². The number of nitrogens with one attached hydrogen (secondary N) is 2. The minimum Gasteiger partial charge on any atom is -0.399 e. The highest BCUT2D eigenvalue weighted by atomic mass is 16.5. The van der Waals surface area contributed by atoms with Crippen LogP contribution in [0.2, 0.25) is 0 Å².